The van der Waals surface area contributed by atoms with Gasteiger partial charge in [-0.2, -0.15) is 0 Å². The van der Waals surface area contributed by atoms with Gasteiger partial charge in [-0.3, -0.25) is 9.59 Å². The summed E-state index contributed by atoms with van der Waals surface area (Å²) in [6, 6.07) is 5.44. The smallest absolute Gasteiger partial charge is 0.262 e. The summed E-state index contributed by atoms with van der Waals surface area (Å²) in [5, 5.41) is 5.87. The first-order valence-corrected chi connectivity index (χ1v) is 7.21. The summed E-state index contributed by atoms with van der Waals surface area (Å²) in [7, 11) is 1.90. The predicted molar refractivity (Wildman–Crippen MR) is 85.8 cm³/mol. The number of hydrogen-bond donors (Lipinski definition) is 2. The van der Waals surface area contributed by atoms with E-state index in [0.29, 0.717) is 17.0 Å². The minimum Gasteiger partial charge on any atom is -0.482 e. The number of halogens is 1. The minimum absolute atomic E-state index is 0. The van der Waals surface area contributed by atoms with Crippen molar-refractivity contribution in [3.63, 3.8) is 0 Å². The highest BCUT2D eigenvalue weighted by Gasteiger charge is 2.29. The lowest BCUT2D eigenvalue weighted by Gasteiger charge is -2.25. The zero-order valence-electron chi connectivity index (χ0n) is 12.4. The van der Waals surface area contributed by atoms with E-state index < -0.39 is 0 Å². The molecule has 0 radical (unpaired) electrons. The van der Waals surface area contributed by atoms with Crippen molar-refractivity contribution in [1.29, 1.82) is 0 Å². The molecule has 0 saturated carbocycles. The standard InChI is InChI=1S/C15H19N3O3.ClH/c1-16-8-11-3-2-6-18(11)15(20)10-4-5-13-12(7-10)17-14(19)9-21-13;/h4-5,7,11,16H,2-3,6,8-9H2,1H3,(H,17,19);1H. The highest BCUT2D eigenvalue weighted by Crippen LogP contribution is 2.29. The normalized spacial score (nSPS) is 19.8. The first-order chi connectivity index (χ1) is 10.2. The summed E-state index contributed by atoms with van der Waals surface area (Å²) < 4.78 is 5.31. The van der Waals surface area contributed by atoms with E-state index in [9.17, 15) is 9.59 Å². The fraction of sp³-hybridized carbons (Fsp3) is 0.467. The van der Waals surface area contributed by atoms with Gasteiger partial charge in [-0.05, 0) is 38.1 Å². The quantitative estimate of drug-likeness (QED) is 0.878. The SMILES string of the molecule is CNCC1CCCN1C(=O)c1ccc2c(c1)NC(=O)CO2.Cl. The summed E-state index contributed by atoms with van der Waals surface area (Å²) in [5.74, 6) is 0.427. The monoisotopic (exact) mass is 325 g/mol. The number of ether oxygens (including phenoxy) is 1. The Morgan fingerprint density at radius 2 is 2.32 bits per heavy atom. The molecule has 3 rings (SSSR count). The summed E-state index contributed by atoms with van der Waals surface area (Å²) in [5.41, 5.74) is 1.16. The largest absolute Gasteiger partial charge is 0.482 e. The number of fused-ring (bicyclic) bond motifs is 1. The number of carbonyl (C=O) groups excluding carboxylic acids is 2. The predicted octanol–water partition coefficient (Wildman–Crippen LogP) is 1.26. The Bertz CT molecular complexity index is 579. The Kier molecular flexibility index (Phi) is 5.26. The molecule has 22 heavy (non-hydrogen) atoms. The molecule has 120 valence electrons. The third-order valence-electron chi connectivity index (χ3n) is 3.94. The average Bonchev–Trinajstić information content (AvgIpc) is 2.94. The molecule has 0 aliphatic carbocycles. The molecule has 2 N–H and O–H groups in total. The van der Waals surface area contributed by atoms with Gasteiger partial charge in [0.2, 0.25) is 0 Å². The average molecular weight is 326 g/mol. The molecule has 0 spiro atoms. The van der Waals surface area contributed by atoms with Crippen LogP contribution in [0, 0.1) is 0 Å². The minimum atomic E-state index is -0.193. The highest BCUT2D eigenvalue weighted by atomic mass is 35.5. The van der Waals surface area contributed by atoms with Crippen LogP contribution in [0.25, 0.3) is 0 Å². The number of carbonyl (C=O) groups is 2. The van der Waals surface area contributed by atoms with Crippen molar-refractivity contribution in [2.45, 2.75) is 18.9 Å². The molecule has 2 aliphatic heterocycles. The lowest BCUT2D eigenvalue weighted by atomic mass is 10.1. The van der Waals surface area contributed by atoms with Crippen LogP contribution in [0.5, 0.6) is 5.75 Å². The van der Waals surface area contributed by atoms with Gasteiger partial charge in [0.25, 0.3) is 11.8 Å². The van der Waals surface area contributed by atoms with E-state index in [4.69, 9.17) is 4.74 Å². The molecular formula is C15H20ClN3O3. The topological polar surface area (TPSA) is 70.7 Å². The Morgan fingerprint density at radius 1 is 1.50 bits per heavy atom. The summed E-state index contributed by atoms with van der Waals surface area (Å²) in [6.45, 7) is 1.61. The maximum atomic E-state index is 12.6. The van der Waals surface area contributed by atoms with E-state index >= 15 is 0 Å². The van der Waals surface area contributed by atoms with Crippen molar-refractivity contribution >= 4 is 29.9 Å². The number of benzene rings is 1. The molecule has 1 saturated heterocycles. The lowest BCUT2D eigenvalue weighted by molar-refractivity contribution is -0.118. The van der Waals surface area contributed by atoms with Crippen LogP contribution >= 0.6 is 12.4 Å². The fourth-order valence-corrected chi connectivity index (χ4v) is 2.93. The Labute approximate surface area is 135 Å². The third-order valence-corrected chi connectivity index (χ3v) is 3.94. The van der Waals surface area contributed by atoms with Gasteiger partial charge in [-0.25, -0.2) is 0 Å². The van der Waals surface area contributed by atoms with Gasteiger partial charge >= 0.3 is 0 Å². The number of likely N-dealkylation sites (N-methyl/N-ethyl adjacent to an activating group) is 1. The maximum absolute atomic E-state index is 12.6. The van der Waals surface area contributed by atoms with Gasteiger partial charge < -0.3 is 20.3 Å². The molecule has 1 atom stereocenters. The summed E-state index contributed by atoms with van der Waals surface area (Å²) >= 11 is 0. The Morgan fingerprint density at radius 3 is 3.09 bits per heavy atom. The van der Waals surface area contributed by atoms with Crippen LogP contribution in [0.2, 0.25) is 0 Å². The molecule has 1 aromatic carbocycles. The van der Waals surface area contributed by atoms with Gasteiger partial charge in [0.05, 0.1) is 5.69 Å². The molecule has 2 heterocycles. The molecule has 7 heteroatoms. The van der Waals surface area contributed by atoms with E-state index in [1.165, 1.54) is 0 Å². The number of rotatable bonds is 3. The second-order valence-corrected chi connectivity index (χ2v) is 5.40. The highest BCUT2D eigenvalue weighted by molar-refractivity contribution is 6.00. The molecule has 0 aromatic heterocycles. The van der Waals surface area contributed by atoms with Crippen molar-refractivity contribution in [3.8, 4) is 5.75 Å². The number of hydrogen-bond acceptors (Lipinski definition) is 4. The Hall–Kier alpha value is -1.79. The van der Waals surface area contributed by atoms with Crippen molar-refractivity contribution in [2.24, 2.45) is 0 Å². The summed E-state index contributed by atoms with van der Waals surface area (Å²) in [4.78, 5) is 25.9. The molecule has 1 fully saturated rings. The van der Waals surface area contributed by atoms with Crippen molar-refractivity contribution < 1.29 is 14.3 Å². The Balaban J connectivity index is 0.00000176. The van der Waals surface area contributed by atoms with E-state index in [0.717, 1.165) is 25.9 Å². The third kappa shape index (κ3) is 3.18. The second kappa shape index (κ2) is 6.98. The van der Waals surface area contributed by atoms with Gasteiger partial charge in [-0.1, -0.05) is 0 Å². The molecule has 1 aromatic rings. The number of nitrogens with one attached hydrogen (secondary N) is 2. The maximum Gasteiger partial charge on any atom is 0.262 e. The molecule has 2 amide bonds. The summed E-state index contributed by atoms with van der Waals surface area (Å²) in [6.07, 6.45) is 2.06. The fourth-order valence-electron chi connectivity index (χ4n) is 2.93. The van der Waals surface area contributed by atoms with Crippen molar-refractivity contribution in [2.75, 3.05) is 32.1 Å². The van der Waals surface area contributed by atoms with Crippen LogP contribution in [0.3, 0.4) is 0 Å². The van der Waals surface area contributed by atoms with Crippen molar-refractivity contribution in [3.05, 3.63) is 23.8 Å². The van der Waals surface area contributed by atoms with Crippen LogP contribution in [-0.4, -0.2) is 49.5 Å². The van der Waals surface area contributed by atoms with Crippen molar-refractivity contribution in [1.82, 2.24) is 10.2 Å². The number of likely N-dealkylation sites (tertiary alicyclic amines) is 1. The number of amides is 2. The number of anilines is 1. The van der Waals surface area contributed by atoms with Crippen LogP contribution in [-0.2, 0) is 4.79 Å². The molecular weight excluding hydrogens is 306 g/mol. The van der Waals surface area contributed by atoms with Crippen LogP contribution < -0.4 is 15.4 Å². The van der Waals surface area contributed by atoms with Crippen LogP contribution in [0.4, 0.5) is 5.69 Å². The van der Waals surface area contributed by atoms with E-state index in [1.54, 1.807) is 18.2 Å². The van der Waals surface area contributed by atoms with Crippen LogP contribution in [0.15, 0.2) is 18.2 Å². The van der Waals surface area contributed by atoms with E-state index in [1.807, 2.05) is 11.9 Å². The first-order valence-electron chi connectivity index (χ1n) is 7.21. The van der Waals surface area contributed by atoms with Gasteiger partial charge in [0.1, 0.15) is 5.75 Å². The molecule has 6 nitrogen and oxygen atoms in total. The van der Waals surface area contributed by atoms with Gasteiger partial charge in [0, 0.05) is 24.7 Å². The molecule has 2 aliphatic rings. The second-order valence-electron chi connectivity index (χ2n) is 5.40. The van der Waals surface area contributed by atoms with E-state index in [2.05, 4.69) is 10.6 Å². The molecule has 0 bridgehead atoms. The first kappa shape index (κ1) is 16.6. The number of nitrogens with zero attached hydrogens (tertiary/aromatic N) is 1. The van der Waals surface area contributed by atoms with Crippen LogP contribution in [0.1, 0.15) is 23.2 Å². The molecule has 1 unspecified atom stereocenters. The van der Waals surface area contributed by atoms with E-state index in [-0.39, 0.29) is 36.9 Å². The van der Waals surface area contributed by atoms with Gasteiger partial charge in [0.15, 0.2) is 6.61 Å². The van der Waals surface area contributed by atoms with Gasteiger partial charge in [-0.15, -0.1) is 12.4 Å². The lowest BCUT2D eigenvalue weighted by Crippen LogP contribution is -2.40. The zero-order chi connectivity index (χ0) is 14.8. The zero-order valence-corrected chi connectivity index (χ0v) is 13.2.